The fourth-order valence-electron chi connectivity index (χ4n) is 3.95. The van der Waals surface area contributed by atoms with Gasteiger partial charge in [0.2, 0.25) is 0 Å². The monoisotopic (exact) mass is 314 g/mol. The van der Waals surface area contributed by atoms with Crippen molar-refractivity contribution in [2.24, 2.45) is 0 Å². The van der Waals surface area contributed by atoms with Crippen LogP contribution in [-0.2, 0) is 13.1 Å². The summed E-state index contributed by atoms with van der Waals surface area (Å²) >= 11 is 0. The molecule has 23 heavy (non-hydrogen) atoms. The molecule has 0 amide bonds. The molecule has 1 atom stereocenters. The van der Waals surface area contributed by atoms with E-state index in [9.17, 15) is 0 Å². The Morgan fingerprint density at radius 3 is 2.87 bits per heavy atom. The largest absolute Gasteiger partial charge is 0.472 e. The molecule has 1 saturated heterocycles. The van der Waals surface area contributed by atoms with Crippen molar-refractivity contribution in [2.45, 2.75) is 44.8 Å². The van der Waals surface area contributed by atoms with Gasteiger partial charge >= 0.3 is 0 Å². The molecule has 2 aliphatic heterocycles. The average molecular weight is 314 g/mol. The van der Waals surface area contributed by atoms with Gasteiger partial charge in [0, 0.05) is 37.9 Å². The summed E-state index contributed by atoms with van der Waals surface area (Å²) in [6, 6.07) is 4.71. The number of piperidine rings is 1. The van der Waals surface area contributed by atoms with Gasteiger partial charge in [0.25, 0.3) is 0 Å². The van der Waals surface area contributed by atoms with E-state index in [2.05, 4.69) is 31.7 Å². The Kier molecular flexibility index (Phi) is 4.48. The fourth-order valence-corrected chi connectivity index (χ4v) is 3.95. The predicted molar refractivity (Wildman–Crippen MR) is 89.0 cm³/mol. The van der Waals surface area contributed by atoms with Crippen molar-refractivity contribution in [3.8, 4) is 0 Å². The molecule has 124 valence electrons. The van der Waals surface area contributed by atoms with Gasteiger partial charge in [0.05, 0.1) is 24.3 Å². The van der Waals surface area contributed by atoms with Gasteiger partial charge < -0.3 is 9.32 Å². The smallest absolute Gasteiger partial charge is 0.0947 e. The molecule has 2 aromatic rings. The third-order valence-corrected chi connectivity index (χ3v) is 5.17. The topological polar surface area (TPSA) is 37.4 Å². The van der Waals surface area contributed by atoms with Crippen LogP contribution in [0.15, 0.2) is 35.3 Å². The van der Waals surface area contributed by atoms with Gasteiger partial charge in [0.15, 0.2) is 0 Å². The first kappa shape index (κ1) is 15.0. The lowest BCUT2D eigenvalue weighted by molar-refractivity contribution is 0.142. The van der Waals surface area contributed by atoms with Crippen LogP contribution in [0, 0.1) is 0 Å². The highest BCUT2D eigenvalue weighted by molar-refractivity contribution is 5.09. The molecule has 5 nitrogen and oxygen atoms in total. The summed E-state index contributed by atoms with van der Waals surface area (Å²) in [5.41, 5.74) is 2.59. The van der Waals surface area contributed by atoms with E-state index < -0.39 is 0 Å². The molecule has 1 fully saturated rings. The number of likely N-dealkylation sites (tertiary alicyclic amines) is 1. The molecule has 0 radical (unpaired) electrons. The number of furan rings is 1. The Morgan fingerprint density at radius 2 is 2.04 bits per heavy atom. The molecule has 0 aromatic carbocycles. The van der Waals surface area contributed by atoms with Crippen LogP contribution in [0.1, 0.15) is 43.0 Å². The molecule has 0 spiro atoms. The zero-order valence-corrected chi connectivity index (χ0v) is 13.7. The second-order valence-electron chi connectivity index (χ2n) is 6.91. The number of hydrogen-bond donors (Lipinski definition) is 0. The first-order valence-corrected chi connectivity index (χ1v) is 8.87. The number of fused-ring (bicyclic) bond motifs is 1. The Labute approximate surface area is 137 Å². The molecule has 2 aliphatic rings. The maximum absolute atomic E-state index is 5.21. The number of hydrogen-bond acceptors (Lipinski definition) is 4. The quantitative estimate of drug-likeness (QED) is 0.850. The van der Waals surface area contributed by atoms with E-state index in [1.54, 1.807) is 6.26 Å². The average Bonchev–Trinajstić information content (AvgIpc) is 3.25. The Balaban J connectivity index is 1.40. The molecule has 0 N–H and O–H groups in total. The number of nitrogens with zero attached hydrogens (tertiary/aromatic N) is 4. The molecule has 0 saturated carbocycles. The summed E-state index contributed by atoms with van der Waals surface area (Å²) in [6.45, 7) is 6.76. The van der Waals surface area contributed by atoms with Gasteiger partial charge in [-0.1, -0.05) is 6.42 Å². The van der Waals surface area contributed by atoms with Crippen molar-refractivity contribution < 1.29 is 4.42 Å². The van der Waals surface area contributed by atoms with Gasteiger partial charge in [0.1, 0.15) is 0 Å². The summed E-state index contributed by atoms with van der Waals surface area (Å²) in [6.07, 6.45) is 10.9. The first-order valence-electron chi connectivity index (χ1n) is 8.87. The highest BCUT2D eigenvalue weighted by atomic mass is 16.3. The van der Waals surface area contributed by atoms with Crippen molar-refractivity contribution >= 4 is 0 Å². The highest BCUT2D eigenvalue weighted by Gasteiger charge is 2.26. The third-order valence-electron chi connectivity index (χ3n) is 5.17. The molecule has 4 heterocycles. The van der Waals surface area contributed by atoms with Crippen LogP contribution in [0.25, 0.3) is 0 Å². The normalized spacial score (nSPS) is 23.0. The summed E-state index contributed by atoms with van der Waals surface area (Å²) in [5.74, 6) is 0. The lowest BCUT2D eigenvalue weighted by Gasteiger charge is -2.35. The van der Waals surface area contributed by atoms with Crippen LogP contribution >= 0.6 is 0 Å². The van der Waals surface area contributed by atoms with Gasteiger partial charge in [-0.05, 0) is 44.5 Å². The zero-order valence-electron chi connectivity index (χ0n) is 13.7. The predicted octanol–water partition coefficient (Wildman–Crippen LogP) is 2.91. The van der Waals surface area contributed by atoms with Crippen LogP contribution in [0.5, 0.6) is 0 Å². The Bertz CT molecular complexity index is 600. The number of aromatic nitrogens is 2. The van der Waals surface area contributed by atoms with E-state index in [1.165, 1.54) is 56.6 Å². The molecule has 0 aliphatic carbocycles. The van der Waals surface area contributed by atoms with Crippen molar-refractivity contribution in [1.29, 1.82) is 0 Å². The highest BCUT2D eigenvalue weighted by Crippen LogP contribution is 2.25. The maximum Gasteiger partial charge on any atom is 0.0947 e. The second-order valence-corrected chi connectivity index (χ2v) is 6.91. The van der Waals surface area contributed by atoms with E-state index in [4.69, 9.17) is 4.42 Å². The molecule has 0 bridgehead atoms. The van der Waals surface area contributed by atoms with Gasteiger partial charge in [-0.25, -0.2) is 0 Å². The molecule has 5 heteroatoms. The Morgan fingerprint density at radius 1 is 1.13 bits per heavy atom. The lowest BCUT2D eigenvalue weighted by atomic mass is 10.1. The van der Waals surface area contributed by atoms with Crippen LogP contribution in [0.2, 0.25) is 0 Å². The molecular weight excluding hydrogens is 288 g/mol. The van der Waals surface area contributed by atoms with Gasteiger partial charge in [-0.2, -0.15) is 5.10 Å². The van der Waals surface area contributed by atoms with Crippen LogP contribution in [0.3, 0.4) is 0 Å². The van der Waals surface area contributed by atoms with Crippen molar-refractivity contribution in [1.82, 2.24) is 19.6 Å². The summed E-state index contributed by atoms with van der Waals surface area (Å²) in [5, 5.41) is 4.59. The molecule has 2 aromatic heterocycles. The molecule has 4 rings (SSSR count). The van der Waals surface area contributed by atoms with E-state index >= 15 is 0 Å². The number of rotatable bonds is 5. The molecule has 1 unspecified atom stereocenters. The third kappa shape index (κ3) is 3.51. The Hall–Kier alpha value is -1.59. The first-order chi connectivity index (χ1) is 11.4. The van der Waals surface area contributed by atoms with E-state index in [-0.39, 0.29) is 0 Å². The summed E-state index contributed by atoms with van der Waals surface area (Å²) in [7, 11) is 0. The van der Waals surface area contributed by atoms with Gasteiger partial charge in [-0.3, -0.25) is 9.58 Å². The standard InChI is InChI=1S/C18H26N4O/c1-2-8-20(9-3-1)10-5-18-14-21(12-16-6-11-23-15-16)13-17-4-7-19-22(17)18/h4,6-7,11,15,18H,1-3,5,8-10,12-14H2. The summed E-state index contributed by atoms with van der Waals surface area (Å²) < 4.78 is 7.47. The van der Waals surface area contributed by atoms with Gasteiger partial charge in [-0.15, -0.1) is 0 Å². The minimum Gasteiger partial charge on any atom is -0.472 e. The minimum absolute atomic E-state index is 0.488. The molecular formula is C18H26N4O. The maximum atomic E-state index is 5.21. The second kappa shape index (κ2) is 6.89. The summed E-state index contributed by atoms with van der Waals surface area (Å²) in [4.78, 5) is 5.14. The van der Waals surface area contributed by atoms with Crippen molar-refractivity contribution in [3.63, 3.8) is 0 Å². The van der Waals surface area contributed by atoms with Crippen molar-refractivity contribution in [3.05, 3.63) is 42.1 Å². The lowest BCUT2D eigenvalue weighted by Crippen LogP contribution is -2.39. The van der Waals surface area contributed by atoms with Crippen LogP contribution in [-0.4, -0.2) is 45.8 Å². The zero-order chi connectivity index (χ0) is 15.5. The SMILES string of the molecule is c1cc2n(n1)C(CCN1CCCCC1)CN(Cc1ccoc1)C2. The van der Waals surface area contributed by atoms with Crippen molar-refractivity contribution in [2.75, 3.05) is 26.2 Å². The van der Waals surface area contributed by atoms with Crippen LogP contribution < -0.4 is 0 Å². The van der Waals surface area contributed by atoms with E-state index in [0.717, 1.165) is 19.6 Å². The van der Waals surface area contributed by atoms with E-state index in [0.29, 0.717) is 6.04 Å². The van der Waals surface area contributed by atoms with Crippen LogP contribution in [0.4, 0.5) is 0 Å². The minimum atomic E-state index is 0.488. The fraction of sp³-hybridized carbons (Fsp3) is 0.611. The van der Waals surface area contributed by atoms with E-state index in [1.807, 2.05) is 12.5 Å².